The zero-order valence-corrected chi connectivity index (χ0v) is 36.0. The lowest BCUT2D eigenvalue weighted by molar-refractivity contribution is -0.0500. The molecule has 0 aliphatic carbocycles. The van der Waals surface area contributed by atoms with Crippen LogP contribution in [0.4, 0.5) is 13.2 Å². The summed E-state index contributed by atoms with van der Waals surface area (Å²) in [6.45, 7) is 0. The minimum atomic E-state index is -5.88. The fourth-order valence-electron chi connectivity index (χ4n) is 5.65. The van der Waals surface area contributed by atoms with Gasteiger partial charge in [-0.15, -0.1) is 12.4 Å². The minimum absolute atomic E-state index is 0. The number of H-pyrrole nitrogens is 1. The first-order chi connectivity index (χ1) is 30.2. The molecule has 0 amide bonds. The number of pyridine rings is 9. The molecule has 64 heavy (non-hydrogen) atoms. The van der Waals surface area contributed by atoms with E-state index in [1.807, 2.05) is 42.5 Å². The molecule has 0 radical (unpaired) electrons. The molecule has 0 bridgehead atoms. The Kier molecular flexibility index (Phi) is 14.5. The van der Waals surface area contributed by atoms with Gasteiger partial charge in [-0.05, 0) is 72.8 Å². The van der Waals surface area contributed by atoms with E-state index in [2.05, 4.69) is 49.0 Å². The molecule has 15 nitrogen and oxygen atoms in total. The van der Waals surface area contributed by atoms with Gasteiger partial charge in [0.15, 0.2) is 0 Å². The lowest BCUT2D eigenvalue weighted by atomic mass is 10.1. The van der Waals surface area contributed by atoms with E-state index in [1.165, 1.54) is 49.8 Å². The number of hydrogen-bond donors (Lipinski definition) is 1. The van der Waals surface area contributed by atoms with Crippen molar-refractivity contribution in [2.24, 2.45) is 0 Å². The molecule has 0 aromatic carbocycles. The van der Waals surface area contributed by atoms with Gasteiger partial charge >= 0.3 is 15.6 Å². The predicted molar refractivity (Wildman–Crippen MR) is 237 cm³/mol. The van der Waals surface area contributed by atoms with Gasteiger partial charge in [0.2, 0.25) is 23.2 Å². The Bertz CT molecular complexity index is 3240. The molecule has 0 saturated carbocycles. The van der Waals surface area contributed by atoms with Gasteiger partial charge in [0, 0.05) is 82.8 Å². The molecule has 0 atom stereocenters. The van der Waals surface area contributed by atoms with Crippen molar-refractivity contribution in [3.8, 4) is 51.4 Å². The van der Waals surface area contributed by atoms with E-state index in [9.17, 15) is 26.4 Å². The number of ether oxygens (including phenoxy) is 2. The quantitative estimate of drug-likeness (QED) is 0.0901. The van der Waals surface area contributed by atoms with Gasteiger partial charge in [-0.25, -0.2) is 24.9 Å². The minimum Gasteiger partial charge on any atom is -0.481 e. The molecule has 1 N–H and O–H groups in total. The van der Waals surface area contributed by atoms with Crippen molar-refractivity contribution in [1.29, 1.82) is 0 Å². The van der Waals surface area contributed by atoms with Gasteiger partial charge in [0.1, 0.15) is 10.3 Å². The molecule has 0 spiro atoms. The zero-order chi connectivity index (χ0) is 44.7. The number of aromatic amines is 1. The molecule has 0 aliphatic heterocycles. The number of methoxy groups -OCH3 is 2. The van der Waals surface area contributed by atoms with Crippen LogP contribution in [0.15, 0.2) is 133 Å². The summed E-state index contributed by atoms with van der Waals surface area (Å²) in [7, 11) is -2.87. The second-order valence-corrected chi connectivity index (χ2v) is 15.0. The molecule has 0 fully saturated rings. The first-order valence-corrected chi connectivity index (χ1v) is 20.2. The maximum Gasteiger partial charge on any atom is 0.534 e. The van der Waals surface area contributed by atoms with Gasteiger partial charge in [0.25, 0.3) is 0 Å². The number of nitrogens with one attached hydrogen (secondary N) is 1. The third-order valence-electron chi connectivity index (χ3n) is 8.70. The summed E-state index contributed by atoms with van der Waals surface area (Å²) in [6, 6.07) is 25.3. The van der Waals surface area contributed by atoms with Crippen molar-refractivity contribution < 1.29 is 35.2 Å². The SMILES string of the molecule is COc1ccc(-c2cc3ncccc3c(Cl)n2)cn1.COc1ccc(-c2cc3ncccc3c(OS(=O)(=O)C(F)(F)F)n2)cn1.Cl.O=c1ccc(-c2cc3ncccc3c(Cl)n2)c[nH]1. The van der Waals surface area contributed by atoms with E-state index < -0.39 is 21.5 Å². The van der Waals surface area contributed by atoms with Crippen LogP contribution in [0.5, 0.6) is 17.6 Å². The van der Waals surface area contributed by atoms with Crippen LogP contribution in [0, 0.1) is 0 Å². The first-order valence-electron chi connectivity index (χ1n) is 18.0. The summed E-state index contributed by atoms with van der Waals surface area (Å²) >= 11 is 12.3. The maximum absolute atomic E-state index is 12.6. The van der Waals surface area contributed by atoms with Crippen LogP contribution in [0.3, 0.4) is 0 Å². The Labute approximate surface area is 376 Å². The molecule has 9 aromatic heterocycles. The average Bonchev–Trinajstić information content (AvgIpc) is 3.29. The Morgan fingerprint density at radius 1 is 0.594 bits per heavy atom. The van der Waals surface area contributed by atoms with Crippen LogP contribution >= 0.6 is 35.6 Å². The van der Waals surface area contributed by atoms with E-state index in [-0.39, 0.29) is 34.6 Å². The van der Waals surface area contributed by atoms with E-state index >= 15 is 0 Å². The zero-order valence-electron chi connectivity index (χ0n) is 32.9. The maximum atomic E-state index is 12.6. The fourth-order valence-corrected chi connectivity index (χ4v) is 6.58. The number of aromatic nitrogens is 9. The normalized spacial score (nSPS) is 11.1. The van der Waals surface area contributed by atoms with E-state index in [1.54, 1.807) is 50.1 Å². The highest BCUT2D eigenvalue weighted by Crippen LogP contribution is 2.33. The molecular formula is C42H29Cl3F3N9O6S. The van der Waals surface area contributed by atoms with Crippen LogP contribution in [0.2, 0.25) is 10.3 Å². The highest BCUT2D eigenvalue weighted by Gasteiger charge is 2.49. The fraction of sp³-hybridized carbons (Fsp3) is 0.0714. The molecule has 9 rings (SSSR count). The number of fused-ring (bicyclic) bond motifs is 3. The Morgan fingerprint density at radius 2 is 1.03 bits per heavy atom. The summed E-state index contributed by atoms with van der Waals surface area (Å²) < 4.78 is 74.9. The molecule has 0 aliphatic rings. The lowest BCUT2D eigenvalue weighted by Gasteiger charge is -2.12. The lowest BCUT2D eigenvalue weighted by Crippen LogP contribution is -2.28. The third-order valence-corrected chi connectivity index (χ3v) is 10.2. The van der Waals surface area contributed by atoms with E-state index in [4.69, 9.17) is 32.7 Å². The Morgan fingerprint density at radius 3 is 1.45 bits per heavy atom. The molecule has 9 aromatic rings. The van der Waals surface area contributed by atoms with E-state index in [0.717, 1.165) is 38.6 Å². The van der Waals surface area contributed by atoms with Gasteiger partial charge in [-0.2, -0.15) is 21.6 Å². The summed E-state index contributed by atoms with van der Waals surface area (Å²) in [5, 5.41) is 2.52. The number of alkyl halides is 3. The van der Waals surface area contributed by atoms with Crippen LogP contribution in [-0.4, -0.2) is 73.0 Å². The average molecular weight is 951 g/mol. The molecule has 0 saturated heterocycles. The standard InChI is InChI=1S/C15H10F3N3O4S.C14H10ClN3O.C13H8ClN3O.ClH/c1-24-13-5-4-9(8-20-13)11-7-12-10(3-2-6-19-12)14(21-11)25-26(22,23)15(16,17)18;1-19-13-5-4-9(8-17-13)11-7-12-10(14(15)18-11)3-2-6-16-12;14-13-9-2-1-5-15-11(9)6-10(17-13)8-3-4-12(18)16-7-8;/h2-8H,1H3;2-8H,1H3;1-7H,(H,16,18);1H. The highest BCUT2D eigenvalue weighted by atomic mass is 35.5. The van der Waals surface area contributed by atoms with Gasteiger partial charge < -0.3 is 18.6 Å². The van der Waals surface area contributed by atoms with Gasteiger partial charge in [-0.1, -0.05) is 23.2 Å². The van der Waals surface area contributed by atoms with Crippen molar-refractivity contribution >= 4 is 78.4 Å². The van der Waals surface area contributed by atoms with Crippen LogP contribution in [0.1, 0.15) is 0 Å². The van der Waals surface area contributed by atoms with Crippen LogP contribution < -0.4 is 19.2 Å². The summed E-state index contributed by atoms with van der Waals surface area (Å²) in [6.07, 6.45) is 9.52. The highest BCUT2D eigenvalue weighted by molar-refractivity contribution is 7.88. The number of nitrogens with zero attached hydrogens (tertiary/aromatic N) is 8. The predicted octanol–water partition coefficient (Wildman–Crippen LogP) is 9.34. The molecule has 22 heteroatoms. The number of hydrogen-bond acceptors (Lipinski definition) is 14. The van der Waals surface area contributed by atoms with Crippen molar-refractivity contribution in [3.63, 3.8) is 0 Å². The summed E-state index contributed by atoms with van der Waals surface area (Å²) in [5.41, 5.74) is -0.295. The van der Waals surface area contributed by atoms with Crippen LogP contribution in [-0.2, 0) is 10.1 Å². The Hall–Kier alpha value is -7.06. The Balaban J connectivity index is 0.000000161. The second-order valence-electron chi connectivity index (χ2n) is 12.7. The summed E-state index contributed by atoms with van der Waals surface area (Å²) in [4.78, 5) is 46.9. The van der Waals surface area contributed by atoms with Gasteiger partial charge in [0.05, 0.1) is 53.2 Å². The molecule has 0 unspecified atom stereocenters. The van der Waals surface area contributed by atoms with Crippen molar-refractivity contribution in [1.82, 2.24) is 44.9 Å². The van der Waals surface area contributed by atoms with Gasteiger partial charge in [-0.3, -0.25) is 19.7 Å². The number of halogens is 6. The monoisotopic (exact) mass is 949 g/mol. The molecule has 326 valence electrons. The van der Waals surface area contributed by atoms with Crippen LogP contribution in [0.25, 0.3) is 66.5 Å². The third kappa shape index (κ3) is 10.8. The summed E-state index contributed by atoms with van der Waals surface area (Å²) in [5.74, 6) is 0.163. The van der Waals surface area contributed by atoms with Crippen molar-refractivity contribution in [2.45, 2.75) is 5.51 Å². The topological polar surface area (TPSA) is 198 Å². The smallest absolute Gasteiger partial charge is 0.481 e. The van der Waals surface area contributed by atoms with E-state index in [0.29, 0.717) is 33.3 Å². The van der Waals surface area contributed by atoms with Crippen molar-refractivity contribution in [3.05, 3.63) is 149 Å². The molecule has 9 heterocycles. The largest absolute Gasteiger partial charge is 0.534 e. The number of rotatable bonds is 7. The van der Waals surface area contributed by atoms with Crippen molar-refractivity contribution in [2.75, 3.05) is 14.2 Å². The second kappa shape index (κ2) is 20.0. The first kappa shape index (κ1) is 46.4. The molecular weight excluding hydrogens is 922 g/mol.